The molecular formula is C9H14N2S. The number of aromatic nitrogens is 1. The molecule has 0 aliphatic carbocycles. The maximum atomic E-state index is 4.32. The molecule has 0 bridgehead atoms. The van der Waals surface area contributed by atoms with Gasteiger partial charge in [-0.3, -0.25) is 0 Å². The number of nitrogens with one attached hydrogen (secondary N) is 1. The first-order valence-electron chi connectivity index (χ1n) is 4.00. The SMILES string of the molecule is CNC(C)/C=C/c1nc(C)cs1. The fourth-order valence-corrected chi connectivity index (χ4v) is 1.47. The lowest BCUT2D eigenvalue weighted by Crippen LogP contribution is -2.17. The van der Waals surface area contributed by atoms with Crippen molar-refractivity contribution in [1.29, 1.82) is 0 Å². The summed E-state index contributed by atoms with van der Waals surface area (Å²) in [6, 6.07) is 0.411. The van der Waals surface area contributed by atoms with E-state index in [4.69, 9.17) is 0 Å². The van der Waals surface area contributed by atoms with Gasteiger partial charge in [0.1, 0.15) is 5.01 Å². The van der Waals surface area contributed by atoms with Crippen LogP contribution >= 0.6 is 11.3 Å². The lowest BCUT2D eigenvalue weighted by molar-refractivity contribution is 0.731. The van der Waals surface area contributed by atoms with Crippen molar-refractivity contribution < 1.29 is 0 Å². The number of likely N-dealkylation sites (N-methyl/N-ethyl adjacent to an activating group) is 1. The molecule has 0 fully saturated rings. The molecule has 1 N–H and O–H groups in total. The maximum Gasteiger partial charge on any atom is 0.116 e. The van der Waals surface area contributed by atoms with Gasteiger partial charge in [0, 0.05) is 17.1 Å². The molecule has 3 heteroatoms. The molecule has 0 saturated heterocycles. The van der Waals surface area contributed by atoms with Gasteiger partial charge in [-0.05, 0) is 27.0 Å². The van der Waals surface area contributed by atoms with E-state index in [9.17, 15) is 0 Å². The van der Waals surface area contributed by atoms with Crippen LogP contribution in [0.5, 0.6) is 0 Å². The van der Waals surface area contributed by atoms with Crippen LogP contribution in [-0.4, -0.2) is 18.1 Å². The Hall–Kier alpha value is -0.670. The number of nitrogens with zero attached hydrogens (tertiary/aromatic N) is 1. The topological polar surface area (TPSA) is 24.9 Å². The molecule has 0 radical (unpaired) electrons. The molecular weight excluding hydrogens is 168 g/mol. The number of aryl methyl sites for hydroxylation is 1. The molecule has 0 aliphatic rings. The lowest BCUT2D eigenvalue weighted by atomic mass is 10.3. The monoisotopic (exact) mass is 182 g/mol. The molecule has 2 nitrogen and oxygen atoms in total. The van der Waals surface area contributed by atoms with Crippen LogP contribution in [0.1, 0.15) is 17.6 Å². The average molecular weight is 182 g/mol. The first-order valence-corrected chi connectivity index (χ1v) is 4.88. The zero-order valence-corrected chi connectivity index (χ0v) is 8.48. The predicted molar refractivity (Wildman–Crippen MR) is 54.4 cm³/mol. The van der Waals surface area contributed by atoms with E-state index >= 15 is 0 Å². The summed E-state index contributed by atoms with van der Waals surface area (Å²) in [4.78, 5) is 4.32. The second kappa shape index (κ2) is 4.38. The summed E-state index contributed by atoms with van der Waals surface area (Å²) in [5, 5.41) is 6.27. The first-order chi connectivity index (χ1) is 5.72. The number of hydrogen-bond acceptors (Lipinski definition) is 3. The van der Waals surface area contributed by atoms with Crippen LogP contribution in [0, 0.1) is 6.92 Å². The molecule has 0 aliphatic heterocycles. The summed E-state index contributed by atoms with van der Waals surface area (Å²) in [6.45, 7) is 4.12. The Balaban J connectivity index is 2.57. The summed E-state index contributed by atoms with van der Waals surface area (Å²) < 4.78 is 0. The minimum Gasteiger partial charge on any atom is -0.314 e. The maximum absolute atomic E-state index is 4.32. The van der Waals surface area contributed by atoms with Crippen molar-refractivity contribution in [3.8, 4) is 0 Å². The van der Waals surface area contributed by atoms with Crippen molar-refractivity contribution in [2.75, 3.05) is 7.05 Å². The highest BCUT2D eigenvalue weighted by molar-refractivity contribution is 7.10. The van der Waals surface area contributed by atoms with Crippen LogP contribution in [0.2, 0.25) is 0 Å². The quantitative estimate of drug-likeness (QED) is 0.774. The van der Waals surface area contributed by atoms with E-state index in [1.165, 1.54) is 0 Å². The van der Waals surface area contributed by atoms with Gasteiger partial charge in [0.15, 0.2) is 0 Å². The molecule has 0 saturated carbocycles. The van der Waals surface area contributed by atoms with Crippen molar-refractivity contribution in [2.24, 2.45) is 0 Å². The molecule has 0 spiro atoms. The van der Waals surface area contributed by atoms with Gasteiger partial charge in [0.25, 0.3) is 0 Å². The molecule has 12 heavy (non-hydrogen) atoms. The number of thiazole rings is 1. The first kappa shape index (κ1) is 9.42. The molecule has 1 heterocycles. The Labute approximate surface area is 77.3 Å². The Morgan fingerprint density at radius 3 is 2.92 bits per heavy atom. The van der Waals surface area contributed by atoms with Crippen LogP contribution < -0.4 is 5.32 Å². The third-order valence-corrected chi connectivity index (χ3v) is 2.55. The molecule has 1 atom stereocenters. The van der Waals surface area contributed by atoms with E-state index in [1.54, 1.807) is 11.3 Å². The Morgan fingerprint density at radius 1 is 1.67 bits per heavy atom. The van der Waals surface area contributed by atoms with Crippen LogP contribution in [-0.2, 0) is 0 Å². The van der Waals surface area contributed by atoms with Crippen molar-refractivity contribution in [2.45, 2.75) is 19.9 Å². The molecule has 1 aromatic heterocycles. The molecule has 66 valence electrons. The fourth-order valence-electron chi connectivity index (χ4n) is 0.772. The van der Waals surface area contributed by atoms with E-state index in [2.05, 4.69) is 34.8 Å². The van der Waals surface area contributed by atoms with Crippen LogP contribution in [0.25, 0.3) is 6.08 Å². The summed E-state index contributed by atoms with van der Waals surface area (Å²) in [7, 11) is 1.95. The summed E-state index contributed by atoms with van der Waals surface area (Å²) in [5.41, 5.74) is 1.09. The molecule has 1 aromatic rings. The summed E-state index contributed by atoms with van der Waals surface area (Å²) in [6.07, 6.45) is 4.16. The van der Waals surface area contributed by atoms with E-state index in [1.807, 2.05) is 14.0 Å². The van der Waals surface area contributed by atoms with Gasteiger partial charge >= 0.3 is 0 Å². The van der Waals surface area contributed by atoms with E-state index in [0.29, 0.717) is 6.04 Å². The zero-order valence-electron chi connectivity index (χ0n) is 7.66. The van der Waals surface area contributed by atoms with Crippen LogP contribution in [0.4, 0.5) is 0 Å². The Bertz CT molecular complexity index is 265. The summed E-state index contributed by atoms with van der Waals surface area (Å²) in [5.74, 6) is 0. The van der Waals surface area contributed by atoms with Gasteiger partial charge in [-0.15, -0.1) is 11.3 Å². The lowest BCUT2D eigenvalue weighted by Gasteiger charge is -2.00. The zero-order chi connectivity index (χ0) is 8.97. The van der Waals surface area contributed by atoms with Gasteiger partial charge < -0.3 is 5.32 Å². The van der Waals surface area contributed by atoms with Gasteiger partial charge in [-0.1, -0.05) is 6.08 Å². The third-order valence-electron chi connectivity index (χ3n) is 1.62. The largest absolute Gasteiger partial charge is 0.314 e. The van der Waals surface area contributed by atoms with Gasteiger partial charge in [-0.25, -0.2) is 4.98 Å². The van der Waals surface area contributed by atoms with Crippen molar-refractivity contribution in [1.82, 2.24) is 10.3 Å². The standard InChI is InChI=1S/C9H14N2S/c1-7(10-3)4-5-9-11-8(2)6-12-9/h4-7,10H,1-3H3/b5-4+. The van der Waals surface area contributed by atoms with Gasteiger partial charge in [0.05, 0.1) is 0 Å². The van der Waals surface area contributed by atoms with E-state index < -0.39 is 0 Å². The second-order valence-corrected chi connectivity index (χ2v) is 3.65. The highest BCUT2D eigenvalue weighted by Crippen LogP contribution is 2.10. The molecule has 0 amide bonds. The average Bonchev–Trinajstić information content (AvgIpc) is 2.47. The summed E-state index contributed by atoms with van der Waals surface area (Å²) >= 11 is 1.68. The Morgan fingerprint density at radius 2 is 2.42 bits per heavy atom. The molecule has 1 unspecified atom stereocenters. The number of hydrogen-bond donors (Lipinski definition) is 1. The second-order valence-electron chi connectivity index (χ2n) is 2.76. The van der Waals surface area contributed by atoms with Gasteiger partial charge in [-0.2, -0.15) is 0 Å². The third kappa shape index (κ3) is 2.75. The van der Waals surface area contributed by atoms with Crippen molar-refractivity contribution in [3.63, 3.8) is 0 Å². The van der Waals surface area contributed by atoms with Crippen molar-refractivity contribution in [3.05, 3.63) is 22.2 Å². The highest BCUT2D eigenvalue weighted by Gasteiger charge is 1.94. The van der Waals surface area contributed by atoms with Crippen LogP contribution in [0.15, 0.2) is 11.5 Å². The van der Waals surface area contributed by atoms with E-state index in [0.717, 1.165) is 10.7 Å². The minimum atomic E-state index is 0.411. The minimum absolute atomic E-state index is 0.411. The normalized spacial score (nSPS) is 13.9. The predicted octanol–water partition coefficient (Wildman–Crippen LogP) is 2.07. The van der Waals surface area contributed by atoms with E-state index in [-0.39, 0.29) is 0 Å². The van der Waals surface area contributed by atoms with Crippen molar-refractivity contribution >= 4 is 17.4 Å². The van der Waals surface area contributed by atoms with Gasteiger partial charge in [0.2, 0.25) is 0 Å². The Kier molecular flexibility index (Phi) is 3.44. The van der Waals surface area contributed by atoms with Crippen LogP contribution in [0.3, 0.4) is 0 Å². The molecule has 1 rings (SSSR count). The smallest absolute Gasteiger partial charge is 0.116 e. The highest BCUT2D eigenvalue weighted by atomic mass is 32.1. The number of rotatable bonds is 3. The molecule has 0 aromatic carbocycles. The fraction of sp³-hybridized carbons (Fsp3) is 0.444.